The molecule has 0 bridgehead atoms. The Kier molecular flexibility index (Phi) is 9.29. The van der Waals surface area contributed by atoms with Crippen molar-refractivity contribution in [2.24, 2.45) is 23.7 Å². The summed E-state index contributed by atoms with van der Waals surface area (Å²) in [6.45, 7) is 6.31. The van der Waals surface area contributed by atoms with E-state index in [1.807, 2.05) is 97.1 Å². The van der Waals surface area contributed by atoms with E-state index in [0.717, 1.165) is 25.2 Å². The van der Waals surface area contributed by atoms with Gasteiger partial charge in [0.25, 0.3) is 0 Å². The lowest BCUT2D eigenvalue weighted by atomic mass is 9.44. The molecule has 0 radical (unpaired) electrons. The van der Waals surface area contributed by atoms with Crippen molar-refractivity contribution in [2.45, 2.75) is 56.0 Å². The van der Waals surface area contributed by atoms with E-state index in [0.29, 0.717) is 53.5 Å². The third kappa shape index (κ3) is 5.66. The molecule has 2 heterocycles. The maximum atomic E-state index is 15.3. The third-order valence-electron chi connectivity index (χ3n) is 13.4. The summed E-state index contributed by atoms with van der Waals surface area (Å²) in [6.07, 6.45) is 7.75. The van der Waals surface area contributed by atoms with Gasteiger partial charge in [-0.3, -0.25) is 29.0 Å². The molecule has 1 saturated carbocycles. The van der Waals surface area contributed by atoms with E-state index < -0.39 is 35.0 Å². The van der Waals surface area contributed by atoms with Crippen LogP contribution in [0, 0.1) is 23.7 Å². The molecule has 3 fully saturated rings. The highest BCUT2D eigenvalue weighted by molar-refractivity contribution is 6.31. The molecule has 7 nitrogen and oxygen atoms in total. The molecule has 3 aliphatic carbocycles. The number of carbonyl (C=O) groups is 4. The zero-order valence-corrected chi connectivity index (χ0v) is 31.4. The summed E-state index contributed by atoms with van der Waals surface area (Å²) in [5.41, 5.74) is 3.63. The molecule has 6 unspecified atom stereocenters. The minimum Gasteiger partial charge on any atom is -0.507 e. The molecule has 0 aromatic heterocycles. The van der Waals surface area contributed by atoms with Crippen molar-refractivity contribution in [3.63, 3.8) is 0 Å². The molecule has 56 heavy (non-hydrogen) atoms. The number of hydrogen-bond donors (Lipinski definition) is 1. The van der Waals surface area contributed by atoms with Gasteiger partial charge < -0.3 is 5.11 Å². The molecule has 9 rings (SSSR count). The number of likely N-dealkylation sites (tertiary alicyclic amines) is 2. The molecule has 0 spiro atoms. The van der Waals surface area contributed by atoms with Crippen LogP contribution in [0.1, 0.15) is 59.4 Å². The topological polar surface area (TPSA) is 95.0 Å². The first-order chi connectivity index (χ1) is 27.3. The normalized spacial score (nSPS) is 27.9. The summed E-state index contributed by atoms with van der Waals surface area (Å²) in [5.74, 6) is -3.89. The van der Waals surface area contributed by atoms with Crippen molar-refractivity contribution in [3.8, 4) is 5.75 Å². The number of Topliss-reactive ketones (excluding diaryl/α,β-unsaturated/α-hetero) is 1. The smallest absolute Gasteiger partial charge is 0.233 e. The van der Waals surface area contributed by atoms with Gasteiger partial charge in [-0.05, 0) is 66.4 Å². The Labute approximate surface area is 328 Å². The number of hydrogen-bond acceptors (Lipinski definition) is 6. The Morgan fingerprint density at radius 3 is 2.16 bits per heavy atom. The lowest BCUT2D eigenvalue weighted by molar-refractivity contribution is -0.144. The summed E-state index contributed by atoms with van der Waals surface area (Å²) in [5, 5.41) is 12.1. The van der Waals surface area contributed by atoms with Gasteiger partial charge in [-0.25, -0.2) is 0 Å². The third-order valence-corrected chi connectivity index (χ3v) is 13.4. The van der Waals surface area contributed by atoms with Gasteiger partial charge in [-0.1, -0.05) is 127 Å². The molecule has 2 amide bonds. The van der Waals surface area contributed by atoms with Crippen LogP contribution in [-0.2, 0) is 37.6 Å². The Balaban J connectivity index is 1.15. The van der Waals surface area contributed by atoms with Crippen LogP contribution in [0.2, 0.25) is 0 Å². The molecule has 2 saturated heterocycles. The minimum atomic E-state index is -1.40. The Hall–Kier alpha value is -5.66. The van der Waals surface area contributed by atoms with Crippen LogP contribution in [0.5, 0.6) is 5.75 Å². The Morgan fingerprint density at radius 1 is 0.786 bits per heavy atom. The van der Waals surface area contributed by atoms with Crippen LogP contribution in [0.25, 0.3) is 5.57 Å². The van der Waals surface area contributed by atoms with Crippen molar-refractivity contribution in [2.75, 3.05) is 13.1 Å². The van der Waals surface area contributed by atoms with E-state index in [1.165, 1.54) is 11.6 Å². The maximum absolute atomic E-state index is 15.3. The largest absolute Gasteiger partial charge is 0.507 e. The number of rotatable bonds is 8. The summed E-state index contributed by atoms with van der Waals surface area (Å²) in [4.78, 5) is 63.8. The monoisotopic (exact) mass is 742 g/mol. The average Bonchev–Trinajstić information content (AvgIpc) is 3.49. The average molecular weight is 743 g/mol. The van der Waals surface area contributed by atoms with Crippen LogP contribution < -0.4 is 0 Å². The molecule has 4 aromatic carbocycles. The van der Waals surface area contributed by atoms with E-state index >= 15 is 9.59 Å². The van der Waals surface area contributed by atoms with E-state index in [1.54, 1.807) is 11.0 Å². The second kappa shape index (κ2) is 14.4. The number of carbonyl (C=O) groups excluding carboxylic acids is 4. The van der Waals surface area contributed by atoms with E-state index in [2.05, 4.69) is 29.7 Å². The summed E-state index contributed by atoms with van der Waals surface area (Å²) < 4.78 is 0. The predicted molar refractivity (Wildman–Crippen MR) is 215 cm³/mol. The number of para-hydroxylation sites is 1. The number of phenols is 1. The lowest BCUT2D eigenvalue weighted by Gasteiger charge is -2.55. The van der Waals surface area contributed by atoms with Gasteiger partial charge >= 0.3 is 0 Å². The molecule has 5 aliphatic rings. The second-order valence-electron chi connectivity index (χ2n) is 16.2. The van der Waals surface area contributed by atoms with Gasteiger partial charge in [-0.2, -0.15) is 0 Å². The molecule has 6 atom stereocenters. The first kappa shape index (κ1) is 36.0. The van der Waals surface area contributed by atoms with Crippen molar-refractivity contribution in [1.29, 1.82) is 0 Å². The maximum Gasteiger partial charge on any atom is 0.233 e. The van der Waals surface area contributed by atoms with Crippen molar-refractivity contribution < 1.29 is 24.3 Å². The SMILES string of the molecule is C=CCc1cccc(C2C3=CCC4C(=O)N(C5CCN(Cc6ccccc6)CC5)C(=O)C4C3CC3C(=O)C(c4ccccc4)=CC(=O)C32c2ccccc2)c1O. The zero-order chi connectivity index (χ0) is 38.6. The van der Waals surface area contributed by atoms with Gasteiger partial charge in [0.05, 0.1) is 17.3 Å². The predicted octanol–water partition coefficient (Wildman–Crippen LogP) is 7.61. The van der Waals surface area contributed by atoms with Crippen molar-refractivity contribution in [3.05, 3.63) is 167 Å². The van der Waals surface area contributed by atoms with Crippen molar-refractivity contribution in [1.82, 2.24) is 9.80 Å². The molecular weight excluding hydrogens is 697 g/mol. The quantitative estimate of drug-likeness (QED) is 0.148. The fourth-order valence-electron chi connectivity index (χ4n) is 10.9. The van der Waals surface area contributed by atoms with Crippen molar-refractivity contribution >= 4 is 29.0 Å². The van der Waals surface area contributed by atoms with E-state index in [-0.39, 0.29) is 41.6 Å². The number of ketones is 2. The highest BCUT2D eigenvalue weighted by Crippen LogP contribution is 2.64. The van der Waals surface area contributed by atoms with Gasteiger partial charge in [0.15, 0.2) is 11.6 Å². The summed E-state index contributed by atoms with van der Waals surface area (Å²) in [6, 6.07) is 34.5. The molecule has 4 aromatic rings. The molecular formula is C49H46N2O5. The van der Waals surface area contributed by atoms with Crippen LogP contribution >= 0.6 is 0 Å². The summed E-state index contributed by atoms with van der Waals surface area (Å²) in [7, 11) is 0. The fourth-order valence-corrected chi connectivity index (χ4v) is 10.9. The van der Waals surface area contributed by atoms with Crippen LogP contribution in [0.15, 0.2) is 140 Å². The second-order valence-corrected chi connectivity index (χ2v) is 16.2. The highest BCUT2D eigenvalue weighted by atomic mass is 16.3. The van der Waals surface area contributed by atoms with Gasteiger partial charge in [-0.15, -0.1) is 6.58 Å². The Morgan fingerprint density at radius 2 is 1.46 bits per heavy atom. The molecule has 7 heteroatoms. The lowest BCUT2D eigenvalue weighted by Crippen LogP contribution is -2.59. The van der Waals surface area contributed by atoms with Gasteiger partial charge in [0.2, 0.25) is 11.8 Å². The highest BCUT2D eigenvalue weighted by Gasteiger charge is 2.66. The number of allylic oxidation sites excluding steroid dienone is 5. The number of phenolic OH excluding ortho intramolecular Hbond substituents is 1. The van der Waals surface area contributed by atoms with Crippen LogP contribution in [-0.4, -0.2) is 57.4 Å². The number of nitrogens with zero attached hydrogens (tertiary/aromatic N) is 2. The minimum absolute atomic E-state index is 0.0610. The molecule has 1 N–H and O–H groups in total. The standard InChI is InChI=1S/C49H46N2O5/c1-2-13-33-18-12-21-38(45(33)53)44-36-22-23-37-43(48(56)51(47(37)55)35-24-26-50(27-25-35)30-31-14-6-3-7-15-31)40(36)28-41-46(54)39(32-16-8-4-9-17-32)29-42(52)49(41,44)34-19-10-5-11-20-34/h2-12,14-22,29,35,37,40-41,43-44,53H,1,13,23-28,30H2. The Bertz CT molecular complexity index is 2270. The first-order valence-corrected chi connectivity index (χ1v) is 20.0. The van der Waals surface area contributed by atoms with Crippen LogP contribution in [0.3, 0.4) is 0 Å². The number of aromatic hydroxyl groups is 1. The summed E-state index contributed by atoms with van der Waals surface area (Å²) >= 11 is 0. The fraction of sp³-hybridized carbons (Fsp3) is 0.306. The number of piperidine rings is 1. The van der Waals surface area contributed by atoms with E-state index in [9.17, 15) is 14.7 Å². The van der Waals surface area contributed by atoms with Crippen LogP contribution in [0.4, 0.5) is 0 Å². The number of amides is 2. The number of imide groups is 1. The number of fused-ring (bicyclic) bond motifs is 4. The van der Waals surface area contributed by atoms with Gasteiger partial charge in [0, 0.05) is 48.6 Å². The molecule has 282 valence electrons. The number of benzene rings is 4. The van der Waals surface area contributed by atoms with E-state index in [4.69, 9.17) is 0 Å². The van der Waals surface area contributed by atoms with Gasteiger partial charge in [0.1, 0.15) is 5.75 Å². The first-order valence-electron chi connectivity index (χ1n) is 20.0. The molecule has 2 aliphatic heterocycles. The zero-order valence-electron chi connectivity index (χ0n) is 31.4.